The fourth-order valence-electron chi connectivity index (χ4n) is 2.85. The Hall–Kier alpha value is -1.34. The molecule has 0 unspecified atom stereocenters. The van der Waals surface area contributed by atoms with Crippen molar-refractivity contribution in [2.75, 3.05) is 14.1 Å². The maximum atomic E-state index is 12.5. The highest BCUT2D eigenvalue weighted by atomic mass is 32.2. The molecule has 2 heterocycles. The maximum Gasteiger partial charge on any atom is 0.259 e. The van der Waals surface area contributed by atoms with Crippen molar-refractivity contribution in [1.82, 2.24) is 15.3 Å². The van der Waals surface area contributed by atoms with E-state index in [9.17, 15) is 4.79 Å². The van der Waals surface area contributed by atoms with Crippen molar-refractivity contribution in [2.45, 2.75) is 31.9 Å². The molecule has 2 aromatic rings. The van der Waals surface area contributed by atoms with Crippen molar-refractivity contribution in [1.29, 1.82) is 0 Å². The lowest BCUT2D eigenvalue weighted by molar-refractivity contribution is 0.509. The predicted octanol–water partition coefficient (Wildman–Crippen LogP) is 2.55. The number of nitrogens with zero attached hydrogens (tertiary/aromatic N) is 2. The minimum absolute atomic E-state index is 0.00657. The highest BCUT2D eigenvalue weighted by molar-refractivity contribution is 8.13. The molecule has 0 amide bonds. The molecule has 0 radical (unpaired) electrons. The van der Waals surface area contributed by atoms with Gasteiger partial charge in [0.15, 0.2) is 5.17 Å². The standard InChI is InChI=1S/C15H20N4OS2/c1-8-4-5-9-10(6-8)22-14-12(9)13(20)18-11(19-14)7-21-15(16-2)17-3/h8H,4-7H2,1-3H3,(H,16,17)(H,18,19,20)/t8-/m1/s1. The molecule has 7 heteroatoms. The average molecular weight is 336 g/mol. The lowest BCUT2D eigenvalue weighted by atomic mass is 9.89. The number of nitrogens with one attached hydrogen (secondary N) is 2. The van der Waals surface area contributed by atoms with E-state index >= 15 is 0 Å². The summed E-state index contributed by atoms with van der Waals surface area (Å²) in [4.78, 5) is 26.4. The van der Waals surface area contributed by atoms with E-state index in [-0.39, 0.29) is 5.56 Å². The highest BCUT2D eigenvalue weighted by Crippen LogP contribution is 2.35. The van der Waals surface area contributed by atoms with Crippen molar-refractivity contribution >= 4 is 38.5 Å². The third-order valence-corrected chi connectivity index (χ3v) is 6.20. The zero-order chi connectivity index (χ0) is 15.7. The minimum atomic E-state index is 0.00657. The van der Waals surface area contributed by atoms with Gasteiger partial charge in [-0.3, -0.25) is 9.79 Å². The van der Waals surface area contributed by atoms with E-state index < -0.39 is 0 Å². The minimum Gasteiger partial charge on any atom is -0.368 e. The van der Waals surface area contributed by atoms with E-state index in [1.807, 2.05) is 7.05 Å². The number of aliphatic imine (C=N–C) groups is 1. The third kappa shape index (κ3) is 2.92. The average Bonchev–Trinajstić information content (AvgIpc) is 2.85. The van der Waals surface area contributed by atoms with Gasteiger partial charge in [0, 0.05) is 19.0 Å². The van der Waals surface area contributed by atoms with Crippen LogP contribution in [-0.2, 0) is 18.6 Å². The highest BCUT2D eigenvalue weighted by Gasteiger charge is 2.22. The Morgan fingerprint density at radius 2 is 2.41 bits per heavy atom. The number of thiophene rings is 1. The molecular formula is C15H20N4OS2. The molecular weight excluding hydrogens is 316 g/mol. The fraction of sp³-hybridized carbons (Fsp3) is 0.533. The summed E-state index contributed by atoms with van der Waals surface area (Å²) in [7, 11) is 3.58. The quantitative estimate of drug-likeness (QED) is 0.653. The first-order valence-electron chi connectivity index (χ1n) is 7.43. The molecule has 0 aromatic carbocycles. The number of fused-ring (bicyclic) bond motifs is 3. The maximum absolute atomic E-state index is 12.5. The number of aromatic nitrogens is 2. The van der Waals surface area contributed by atoms with E-state index in [0.29, 0.717) is 17.5 Å². The molecule has 22 heavy (non-hydrogen) atoms. The summed E-state index contributed by atoms with van der Waals surface area (Å²) in [5, 5.41) is 4.67. The third-order valence-electron chi connectivity index (χ3n) is 3.98. The summed E-state index contributed by atoms with van der Waals surface area (Å²) in [6.45, 7) is 2.27. The topological polar surface area (TPSA) is 70.1 Å². The first kappa shape index (κ1) is 15.6. The molecule has 1 atom stereocenters. The zero-order valence-electron chi connectivity index (χ0n) is 13.0. The fourth-order valence-corrected chi connectivity index (χ4v) is 4.93. The Kier molecular flexibility index (Phi) is 4.54. The smallest absolute Gasteiger partial charge is 0.259 e. The molecule has 1 aliphatic rings. The molecule has 0 saturated heterocycles. The monoisotopic (exact) mass is 336 g/mol. The van der Waals surface area contributed by atoms with E-state index in [0.717, 1.165) is 34.6 Å². The lowest BCUT2D eigenvalue weighted by Crippen LogP contribution is -2.16. The Morgan fingerprint density at radius 1 is 1.59 bits per heavy atom. The molecule has 1 aliphatic carbocycles. The number of aromatic amines is 1. The van der Waals surface area contributed by atoms with Crippen LogP contribution in [-0.4, -0.2) is 29.2 Å². The van der Waals surface area contributed by atoms with Gasteiger partial charge in [0.2, 0.25) is 0 Å². The molecule has 3 rings (SSSR count). The van der Waals surface area contributed by atoms with Crippen LogP contribution in [0.4, 0.5) is 0 Å². The summed E-state index contributed by atoms with van der Waals surface area (Å²) < 4.78 is 0. The van der Waals surface area contributed by atoms with Crippen molar-refractivity contribution in [3.63, 3.8) is 0 Å². The van der Waals surface area contributed by atoms with Crippen molar-refractivity contribution < 1.29 is 0 Å². The second-order valence-corrected chi connectivity index (χ2v) is 7.66. The molecule has 0 fully saturated rings. The van der Waals surface area contributed by atoms with Crippen molar-refractivity contribution in [3.8, 4) is 0 Å². The summed E-state index contributed by atoms with van der Waals surface area (Å²) >= 11 is 3.23. The van der Waals surface area contributed by atoms with E-state index in [1.54, 1.807) is 18.4 Å². The number of hydrogen-bond donors (Lipinski definition) is 2. The van der Waals surface area contributed by atoms with Crippen LogP contribution in [0.15, 0.2) is 9.79 Å². The van der Waals surface area contributed by atoms with Crippen molar-refractivity contribution in [3.05, 3.63) is 26.6 Å². The van der Waals surface area contributed by atoms with Crippen LogP contribution in [0.5, 0.6) is 0 Å². The second kappa shape index (κ2) is 6.42. The number of rotatable bonds is 2. The molecule has 5 nitrogen and oxygen atoms in total. The van der Waals surface area contributed by atoms with Crippen LogP contribution in [0, 0.1) is 5.92 Å². The van der Waals surface area contributed by atoms with Gasteiger partial charge >= 0.3 is 0 Å². The van der Waals surface area contributed by atoms with Gasteiger partial charge in [-0.05, 0) is 30.7 Å². The van der Waals surface area contributed by atoms with Crippen LogP contribution >= 0.6 is 23.1 Å². The van der Waals surface area contributed by atoms with Gasteiger partial charge in [0.1, 0.15) is 10.7 Å². The summed E-state index contributed by atoms with van der Waals surface area (Å²) in [6.07, 6.45) is 3.24. The Bertz CT molecular complexity index is 778. The summed E-state index contributed by atoms with van der Waals surface area (Å²) in [5.74, 6) is 2.02. The number of aryl methyl sites for hydroxylation is 1. The number of hydrogen-bond acceptors (Lipinski definition) is 5. The predicted molar refractivity (Wildman–Crippen MR) is 95.1 cm³/mol. The van der Waals surface area contributed by atoms with Crippen molar-refractivity contribution in [2.24, 2.45) is 10.9 Å². The summed E-state index contributed by atoms with van der Waals surface area (Å²) in [6, 6.07) is 0. The molecule has 0 spiro atoms. The number of amidine groups is 1. The summed E-state index contributed by atoms with van der Waals surface area (Å²) in [5.41, 5.74) is 1.24. The zero-order valence-corrected chi connectivity index (χ0v) is 14.7. The Labute approximate surface area is 137 Å². The van der Waals surface area contributed by atoms with E-state index in [2.05, 4.69) is 27.2 Å². The number of thioether (sulfide) groups is 1. The van der Waals surface area contributed by atoms with Gasteiger partial charge in [-0.25, -0.2) is 4.98 Å². The molecule has 0 saturated carbocycles. The van der Waals surface area contributed by atoms with Crippen LogP contribution < -0.4 is 10.9 Å². The van der Waals surface area contributed by atoms with Gasteiger partial charge in [-0.2, -0.15) is 0 Å². The second-order valence-electron chi connectivity index (χ2n) is 5.61. The normalized spacial score (nSPS) is 18.5. The molecule has 118 valence electrons. The first-order chi connectivity index (χ1) is 10.6. The molecule has 0 bridgehead atoms. The molecule has 0 aliphatic heterocycles. The SMILES string of the molecule is CN=C(NC)SCc1nc2sc3c(c2c(=O)[nH]1)CC[C@@H](C)C3. The largest absolute Gasteiger partial charge is 0.368 e. The van der Waals surface area contributed by atoms with Crippen LogP contribution in [0.25, 0.3) is 10.2 Å². The van der Waals surface area contributed by atoms with Gasteiger partial charge in [-0.15, -0.1) is 11.3 Å². The Balaban J connectivity index is 1.94. The molecule has 2 N–H and O–H groups in total. The van der Waals surface area contributed by atoms with Gasteiger partial charge in [0.05, 0.1) is 11.1 Å². The van der Waals surface area contributed by atoms with Gasteiger partial charge in [0.25, 0.3) is 5.56 Å². The van der Waals surface area contributed by atoms with E-state index in [4.69, 9.17) is 0 Å². The molecule has 2 aromatic heterocycles. The lowest BCUT2D eigenvalue weighted by Gasteiger charge is -2.17. The van der Waals surface area contributed by atoms with Crippen LogP contribution in [0.2, 0.25) is 0 Å². The Morgan fingerprint density at radius 3 is 3.14 bits per heavy atom. The number of H-pyrrole nitrogens is 1. The first-order valence-corrected chi connectivity index (χ1v) is 9.23. The van der Waals surface area contributed by atoms with Crippen LogP contribution in [0.1, 0.15) is 29.6 Å². The van der Waals surface area contributed by atoms with Crippen LogP contribution in [0.3, 0.4) is 0 Å². The van der Waals surface area contributed by atoms with Gasteiger partial charge < -0.3 is 10.3 Å². The van der Waals surface area contributed by atoms with E-state index in [1.165, 1.54) is 22.2 Å². The van der Waals surface area contributed by atoms with Gasteiger partial charge in [-0.1, -0.05) is 18.7 Å².